The van der Waals surface area contributed by atoms with Crippen molar-refractivity contribution in [2.45, 2.75) is 50.3 Å². The van der Waals surface area contributed by atoms with Crippen LogP contribution in [0.1, 0.15) is 48.9 Å². The number of aromatic nitrogens is 2. The number of imidazole rings is 1. The molecule has 1 heterocycles. The van der Waals surface area contributed by atoms with Crippen molar-refractivity contribution in [1.82, 2.24) is 9.55 Å². The molecule has 0 unspecified atom stereocenters. The Balaban J connectivity index is 2.35. The van der Waals surface area contributed by atoms with Crippen LogP contribution in [0.4, 0.5) is 5.82 Å². The molecule has 1 aliphatic carbocycles. The lowest BCUT2D eigenvalue weighted by molar-refractivity contribution is 0.0595. The molecule has 0 aliphatic heterocycles. The molecule has 2 N–H and O–H groups in total. The van der Waals surface area contributed by atoms with Crippen LogP contribution < -0.4 is 5.73 Å². The van der Waals surface area contributed by atoms with Gasteiger partial charge in [-0.1, -0.05) is 19.8 Å². The minimum absolute atomic E-state index is 0.228. The molecule has 1 aromatic heterocycles. The number of ether oxygens (including phenoxy) is 1. The van der Waals surface area contributed by atoms with Gasteiger partial charge in [0, 0.05) is 17.7 Å². The van der Waals surface area contributed by atoms with E-state index in [4.69, 9.17) is 10.5 Å². The smallest absolute Gasteiger partial charge is 0.360 e. The van der Waals surface area contributed by atoms with Crippen molar-refractivity contribution < 1.29 is 9.53 Å². The molecule has 20 heavy (non-hydrogen) atoms. The Labute approximate surface area is 124 Å². The minimum Gasteiger partial charge on any atom is -0.464 e. The van der Waals surface area contributed by atoms with Gasteiger partial charge in [-0.05, 0) is 19.1 Å². The highest BCUT2D eigenvalue weighted by Gasteiger charge is 2.35. The van der Waals surface area contributed by atoms with Gasteiger partial charge in [0.25, 0.3) is 0 Å². The summed E-state index contributed by atoms with van der Waals surface area (Å²) in [7, 11) is 1.35. The van der Waals surface area contributed by atoms with E-state index in [1.54, 1.807) is 0 Å². The second kappa shape index (κ2) is 6.08. The summed E-state index contributed by atoms with van der Waals surface area (Å²) < 4.78 is 6.99. The Morgan fingerprint density at radius 2 is 2.15 bits per heavy atom. The number of carbonyl (C=O) groups excluding carboxylic acids is 1. The molecular weight excluding hydrogens is 274 g/mol. The summed E-state index contributed by atoms with van der Waals surface area (Å²) in [6, 6.07) is 0. The molecule has 0 bridgehead atoms. The predicted molar refractivity (Wildman–Crippen MR) is 82.1 cm³/mol. The van der Waals surface area contributed by atoms with Crippen molar-refractivity contribution in [3.63, 3.8) is 0 Å². The summed E-state index contributed by atoms with van der Waals surface area (Å²) in [4.78, 5) is 16.1. The van der Waals surface area contributed by atoms with E-state index in [1.165, 1.54) is 32.8 Å². The number of aryl methyl sites for hydroxylation is 1. The van der Waals surface area contributed by atoms with E-state index in [9.17, 15) is 4.79 Å². The SMILES string of the molecule is CCc1nc(C(=O)OC)c(N)n1CC1(SC)CCCC1. The third-order valence-electron chi connectivity index (χ3n) is 4.17. The summed E-state index contributed by atoms with van der Waals surface area (Å²) in [6.07, 6.45) is 7.84. The fraction of sp³-hybridized carbons (Fsp3) is 0.714. The standard InChI is InChI=1S/C14H23N3O2S/c1-4-10-16-11(13(18)19-2)12(15)17(10)9-14(20-3)7-5-6-8-14/h4-9,15H2,1-3H3. The van der Waals surface area contributed by atoms with Gasteiger partial charge in [-0.25, -0.2) is 9.78 Å². The van der Waals surface area contributed by atoms with Gasteiger partial charge < -0.3 is 15.0 Å². The monoisotopic (exact) mass is 297 g/mol. The van der Waals surface area contributed by atoms with Crippen LogP contribution in [0.3, 0.4) is 0 Å². The molecule has 1 saturated carbocycles. The van der Waals surface area contributed by atoms with Gasteiger partial charge in [0.15, 0.2) is 5.69 Å². The number of thioether (sulfide) groups is 1. The number of esters is 1. The Kier molecular flexibility index (Phi) is 4.62. The molecule has 1 aliphatic rings. The van der Waals surface area contributed by atoms with E-state index >= 15 is 0 Å². The number of carbonyl (C=O) groups is 1. The van der Waals surface area contributed by atoms with Crippen molar-refractivity contribution in [1.29, 1.82) is 0 Å². The highest BCUT2D eigenvalue weighted by Crippen LogP contribution is 2.42. The first-order valence-corrected chi connectivity index (χ1v) is 8.27. The van der Waals surface area contributed by atoms with Gasteiger partial charge in [0.1, 0.15) is 11.6 Å². The average molecular weight is 297 g/mol. The second-order valence-electron chi connectivity index (χ2n) is 5.29. The van der Waals surface area contributed by atoms with E-state index < -0.39 is 5.97 Å². The molecule has 0 amide bonds. The lowest BCUT2D eigenvalue weighted by Crippen LogP contribution is -2.28. The van der Waals surface area contributed by atoms with Crippen LogP contribution in [0, 0.1) is 0 Å². The fourth-order valence-corrected chi connectivity index (χ4v) is 3.90. The number of rotatable bonds is 5. The fourth-order valence-electron chi connectivity index (χ4n) is 2.94. The van der Waals surface area contributed by atoms with Crippen LogP contribution in [0.2, 0.25) is 0 Å². The Hall–Kier alpha value is -1.17. The highest BCUT2D eigenvalue weighted by atomic mass is 32.2. The normalized spacial score (nSPS) is 17.4. The zero-order chi connectivity index (χ0) is 14.8. The van der Waals surface area contributed by atoms with Crippen LogP contribution in [-0.4, -0.2) is 33.6 Å². The number of anilines is 1. The first-order valence-electron chi connectivity index (χ1n) is 7.05. The maximum absolute atomic E-state index is 11.7. The van der Waals surface area contributed by atoms with E-state index in [0.29, 0.717) is 5.82 Å². The summed E-state index contributed by atoms with van der Waals surface area (Å²) in [5, 5.41) is 0. The zero-order valence-electron chi connectivity index (χ0n) is 12.4. The van der Waals surface area contributed by atoms with E-state index in [1.807, 2.05) is 23.3 Å². The first kappa shape index (κ1) is 15.2. The van der Waals surface area contributed by atoms with Crippen LogP contribution in [-0.2, 0) is 17.7 Å². The number of hydrogen-bond acceptors (Lipinski definition) is 5. The number of hydrogen-bond donors (Lipinski definition) is 1. The topological polar surface area (TPSA) is 70.1 Å². The Bertz CT molecular complexity index is 493. The summed E-state index contributed by atoms with van der Waals surface area (Å²) >= 11 is 1.91. The summed E-state index contributed by atoms with van der Waals surface area (Å²) in [5.41, 5.74) is 6.39. The molecule has 112 valence electrons. The summed E-state index contributed by atoms with van der Waals surface area (Å²) in [5.74, 6) is 0.845. The molecule has 0 saturated heterocycles. The molecular formula is C14H23N3O2S. The molecule has 2 rings (SSSR count). The quantitative estimate of drug-likeness (QED) is 0.846. The van der Waals surface area contributed by atoms with Gasteiger partial charge in [-0.3, -0.25) is 0 Å². The van der Waals surface area contributed by atoms with E-state index in [-0.39, 0.29) is 10.4 Å². The molecule has 0 spiro atoms. The third kappa shape index (κ3) is 2.66. The van der Waals surface area contributed by atoms with Crippen molar-refractivity contribution in [3.05, 3.63) is 11.5 Å². The number of nitrogens with zero attached hydrogens (tertiary/aromatic N) is 2. The van der Waals surface area contributed by atoms with Gasteiger partial charge in [0.05, 0.1) is 7.11 Å². The van der Waals surface area contributed by atoms with Gasteiger partial charge in [-0.15, -0.1) is 0 Å². The molecule has 0 radical (unpaired) electrons. The van der Waals surface area contributed by atoms with Crippen molar-refractivity contribution in [3.8, 4) is 0 Å². The molecule has 1 aromatic rings. The molecule has 0 atom stereocenters. The summed E-state index contributed by atoms with van der Waals surface area (Å²) in [6.45, 7) is 2.85. The lowest BCUT2D eigenvalue weighted by atomic mass is 10.1. The highest BCUT2D eigenvalue weighted by molar-refractivity contribution is 8.00. The zero-order valence-corrected chi connectivity index (χ0v) is 13.3. The average Bonchev–Trinajstić information content (AvgIpc) is 3.05. The molecule has 0 aromatic carbocycles. The van der Waals surface area contributed by atoms with Crippen LogP contribution in [0.25, 0.3) is 0 Å². The second-order valence-corrected chi connectivity index (χ2v) is 6.56. The first-order chi connectivity index (χ1) is 9.56. The van der Waals surface area contributed by atoms with Crippen molar-refractivity contribution in [2.75, 3.05) is 19.1 Å². The van der Waals surface area contributed by atoms with Crippen LogP contribution >= 0.6 is 11.8 Å². The Morgan fingerprint density at radius 3 is 2.65 bits per heavy atom. The third-order valence-corrected chi connectivity index (χ3v) is 5.58. The Morgan fingerprint density at radius 1 is 1.50 bits per heavy atom. The van der Waals surface area contributed by atoms with Gasteiger partial charge in [0.2, 0.25) is 0 Å². The van der Waals surface area contributed by atoms with Gasteiger partial charge in [-0.2, -0.15) is 11.8 Å². The lowest BCUT2D eigenvalue weighted by Gasteiger charge is -2.28. The number of nitrogen functional groups attached to an aromatic ring is 1. The van der Waals surface area contributed by atoms with Crippen molar-refractivity contribution >= 4 is 23.5 Å². The molecule has 5 nitrogen and oxygen atoms in total. The largest absolute Gasteiger partial charge is 0.464 e. The van der Waals surface area contributed by atoms with E-state index in [0.717, 1.165) is 18.8 Å². The minimum atomic E-state index is -0.458. The molecule has 1 fully saturated rings. The maximum atomic E-state index is 11.7. The van der Waals surface area contributed by atoms with Crippen molar-refractivity contribution in [2.24, 2.45) is 0 Å². The van der Waals surface area contributed by atoms with Crippen LogP contribution in [0.5, 0.6) is 0 Å². The molecule has 6 heteroatoms. The van der Waals surface area contributed by atoms with Crippen LogP contribution in [0.15, 0.2) is 0 Å². The number of methoxy groups -OCH3 is 1. The van der Waals surface area contributed by atoms with Gasteiger partial charge >= 0.3 is 5.97 Å². The maximum Gasteiger partial charge on any atom is 0.360 e. The van der Waals surface area contributed by atoms with E-state index in [2.05, 4.69) is 11.2 Å². The predicted octanol–water partition coefficient (Wildman–Crippen LogP) is 2.49. The number of nitrogens with two attached hydrogens (primary N) is 1.